The van der Waals surface area contributed by atoms with Crippen molar-refractivity contribution in [2.45, 2.75) is 0 Å². The van der Waals surface area contributed by atoms with E-state index in [9.17, 15) is 0 Å². The first-order valence-electron chi connectivity index (χ1n) is 18.0. The maximum Gasteiger partial charge on any atom is 0.180 e. The van der Waals surface area contributed by atoms with Crippen molar-refractivity contribution in [1.29, 1.82) is 0 Å². The van der Waals surface area contributed by atoms with Crippen molar-refractivity contribution in [1.82, 2.24) is 0 Å². The molecular weight excluding hydrogens is 647 g/mol. The molecule has 2 aromatic heterocycles. The van der Waals surface area contributed by atoms with Gasteiger partial charge in [0.2, 0.25) is 0 Å². The molecule has 0 saturated heterocycles. The van der Waals surface area contributed by atoms with Crippen molar-refractivity contribution in [3.8, 4) is 22.3 Å². The van der Waals surface area contributed by atoms with Gasteiger partial charge in [-0.05, 0) is 92.3 Å². The van der Waals surface area contributed by atoms with E-state index in [2.05, 4.69) is 169 Å². The topological polar surface area (TPSA) is 29.5 Å². The molecule has 53 heavy (non-hydrogen) atoms. The zero-order chi connectivity index (χ0) is 34.9. The monoisotopic (exact) mass is 677 g/mol. The van der Waals surface area contributed by atoms with Gasteiger partial charge in [0.15, 0.2) is 11.2 Å². The first-order chi connectivity index (χ1) is 26.3. The molecule has 11 rings (SSSR count). The van der Waals surface area contributed by atoms with Crippen LogP contribution >= 0.6 is 0 Å². The summed E-state index contributed by atoms with van der Waals surface area (Å²) in [6.45, 7) is 0. The quantitative estimate of drug-likeness (QED) is 0.182. The van der Waals surface area contributed by atoms with E-state index in [1.54, 1.807) is 0 Å². The summed E-state index contributed by atoms with van der Waals surface area (Å²) in [6, 6.07) is 67.0. The minimum absolute atomic E-state index is 0.751. The Hall–Kier alpha value is -7.10. The summed E-state index contributed by atoms with van der Waals surface area (Å²) in [5.74, 6) is 0. The lowest BCUT2D eigenvalue weighted by atomic mass is 9.97. The van der Waals surface area contributed by atoms with Gasteiger partial charge in [-0.3, -0.25) is 0 Å². The van der Waals surface area contributed by atoms with E-state index in [-0.39, 0.29) is 0 Å². The SMILES string of the molecule is c1ccc(-c2ccc3cc(N(c4ccc(-c5cccc6ccccc56)cc4)c4cc5c6ccccc6oc5c5oc6ccccc6c45)ccc3c2)cc1. The molecule has 0 unspecified atom stereocenters. The maximum absolute atomic E-state index is 6.68. The van der Waals surface area contributed by atoms with E-state index in [1.807, 2.05) is 24.3 Å². The second-order valence-electron chi connectivity index (χ2n) is 13.7. The lowest BCUT2D eigenvalue weighted by Gasteiger charge is -2.27. The third-order valence-electron chi connectivity index (χ3n) is 10.6. The first-order valence-corrected chi connectivity index (χ1v) is 18.0. The Kier molecular flexibility index (Phi) is 6.55. The fourth-order valence-corrected chi connectivity index (χ4v) is 8.10. The lowest BCUT2D eigenvalue weighted by Crippen LogP contribution is -2.10. The number of anilines is 3. The van der Waals surface area contributed by atoms with Crippen LogP contribution in [0.15, 0.2) is 197 Å². The van der Waals surface area contributed by atoms with Gasteiger partial charge in [0, 0.05) is 27.5 Å². The van der Waals surface area contributed by atoms with Gasteiger partial charge in [-0.1, -0.05) is 140 Å². The molecular formula is C50H31NO2. The van der Waals surface area contributed by atoms with Crippen molar-refractivity contribution in [3.05, 3.63) is 188 Å². The number of nitrogens with zero attached hydrogens (tertiary/aromatic N) is 1. The van der Waals surface area contributed by atoms with Gasteiger partial charge in [0.1, 0.15) is 11.2 Å². The van der Waals surface area contributed by atoms with E-state index in [1.165, 1.54) is 43.8 Å². The average molecular weight is 678 g/mol. The molecule has 0 aliphatic carbocycles. The Morgan fingerprint density at radius 1 is 0.340 bits per heavy atom. The number of hydrogen-bond donors (Lipinski definition) is 0. The van der Waals surface area contributed by atoms with Crippen LogP contribution in [-0.4, -0.2) is 0 Å². The molecule has 0 radical (unpaired) electrons. The Morgan fingerprint density at radius 2 is 0.962 bits per heavy atom. The number of furan rings is 2. The predicted octanol–water partition coefficient (Wildman–Crippen LogP) is 14.6. The van der Waals surface area contributed by atoms with Crippen LogP contribution in [0.4, 0.5) is 17.1 Å². The largest absolute Gasteiger partial charge is 0.452 e. The van der Waals surface area contributed by atoms with Crippen molar-refractivity contribution >= 4 is 82.5 Å². The second-order valence-corrected chi connectivity index (χ2v) is 13.7. The molecule has 248 valence electrons. The second kappa shape index (κ2) is 11.7. The fraction of sp³-hybridized carbons (Fsp3) is 0. The van der Waals surface area contributed by atoms with E-state index in [0.717, 1.165) is 60.9 Å². The van der Waals surface area contributed by atoms with E-state index in [0.29, 0.717) is 0 Å². The lowest BCUT2D eigenvalue weighted by molar-refractivity contribution is 0.633. The number of hydrogen-bond acceptors (Lipinski definition) is 3. The Morgan fingerprint density at radius 3 is 1.81 bits per heavy atom. The van der Waals surface area contributed by atoms with Gasteiger partial charge in [-0.15, -0.1) is 0 Å². The summed E-state index contributed by atoms with van der Waals surface area (Å²) in [5, 5.41) is 8.98. The summed E-state index contributed by atoms with van der Waals surface area (Å²) >= 11 is 0. The van der Waals surface area contributed by atoms with Crippen LogP contribution in [0, 0.1) is 0 Å². The van der Waals surface area contributed by atoms with Gasteiger partial charge in [-0.25, -0.2) is 0 Å². The van der Waals surface area contributed by atoms with E-state index >= 15 is 0 Å². The van der Waals surface area contributed by atoms with Crippen LogP contribution in [0.25, 0.3) is 87.7 Å². The summed E-state index contributed by atoms with van der Waals surface area (Å²) < 4.78 is 13.2. The Balaban J connectivity index is 1.16. The third kappa shape index (κ3) is 4.75. The molecule has 0 atom stereocenters. The summed E-state index contributed by atoms with van der Waals surface area (Å²) in [5.41, 5.74) is 11.1. The molecule has 0 N–H and O–H groups in total. The molecule has 0 aliphatic rings. The van der Waals surface area contributed by atoms with Crippen LogP contribution in [0.3, 0.4) is 0 Å². The zero-order valence-electron chi connectivity index (χ0n) is 28.7. The highest BCUT2D eigenvalue weighted by molar-refractivity contribution is 6.24. The standard InChI is InChI=1S/C50H31NO2/c1-2-11-32(12-3-1)35-21-22-37-30-39(28-25-36(37)29-35)51(38-26-23-34(24-27-38)41-18-10-14-33-13-4-5-15-40(33)41)45-31-44-42-16-6-8-19-46(42)52-49(44)50-48(45)43-17-7-9-20-47(43)53-50/h1-31H. The smallest absolute Gasteiger partial charge is 0.180 e. The van der Waals surface area contributed by atoms with Crippen molar-refractivity contribution < 1.29 is 8.83 Å². The van der Waals surface area contributed by atoms with Crippen LogP contribution < -0.4 is 4.90 Å². The van der Waals surface area contributed by atoms with E-state index in [4.69, 9.17) is 8.83 Å². The molecule has 9 aromatic carbocycles. The summed E-state index contributed by atoms with van der Waals surface area (Å²) in [4.78, 5) is 2.38. The van der Waals surface area contributed by atoms with Crippen molar-refractivity contribution in [2.24, 2.45) is 0 Å². The number of benzene rings is 9. The highest BCUT2D eigenvalue weighted by Crippen LogP contribution is 2.48. The zero-order valence-corrected chi connectivity index (χ0v) is 28.7. The molecule has 3 nitrogen and oxygen atoms in total. The fourth-order valence-electron chi connectivity index (χ4n) is 8.10. The van der Waals surface area contributed by atoms with Crippen LogP contribution in [-0.2, 0) is 0 Å². The molecule has 0 aliphatic heterocycles. The highest BCUT2D eigenvalue weighted by atomic mass is 16.4. The molecule has 2 heterocycles. The maximum atomic E-state index is 6.68. The number of rotatable bonds is 5. The molecule has 0 fully saturated rings. The molecule has 3 heteroatoms. The summed E-state index contributed by atoms with van der Waals surface area (Å²) in [7, 11) is 0. The van der Waals surface area contributed by atoms with Gasteiger partial charge < -0.3 is 13.7 Å². The molecule has 0 saturated carbocycles. The van der Waals surface area contributed by atoms with Gasteiger partial charge in [-0.2, -0.15) is 0 Å². The average Bonchev–Trinajstić information content (AvgIpc) is 3.80. The van der Waals surface area contributed by atoms with Crippen LogP contribution in [0.1, 0.15) is 0 Å². The number of fused-ring (bicyclic) bond motifs is 9. The minimum Gasteiger partial charge on any atom is -0.452 e. The van der Waals surface area contributed by atoms with Crippen molar-refractivity contribution in [3.63, 3.8) is 0 Å². The van der Waals surface area contributed by atoms with E-state index < -0.39 is 0 Å². The predicted molar refractivity (Wildman–Crippen MR) is 222 cm³/mol. The van der Waals surface area contributed by atoms with Gasteiger partial charge in [0.05, 0.1) is 11.1 Å². The minimum atomic E-state index is 0.751. The molecule has 0 amide bonds. The van der Waals surface area contributed by atoms with Crippen LogP contribution in [0.5, 0.6) is 0 Å². The first kappa shape index (κ1) is 29.6. The third-order valence-corrected chi connectivity index (χ3v) is 10.6. The molecule has 0 spiro atoms. The molecule has 0 bridgehead atoms. The molecule has 11 aromatic rings. The number of para-hydroxylation sites is 2. The van der Waals surface area contributed by atoms with Crippen LogP contribution in [0.2, 0.25) is 0 Å². The summed E-state index contributed by atoms with van der Waals surface area (Å²) in [6.07, 6.45) is 0. The van der Waals surface area contributed by atoms with Crippen molar-refractivity contribution in [2.75, 3.05) is 4.90 Å². The van der Waals surface area contributed by atoms with Gasteiger partial charge >= 0.3 is 0 Å². The normalized spacial score (nSPS) is 11.8. The Labute approximate surface area is 305 Å². The Bertz CT molecular complexity index is 3160. The van der Waals surface area contributed by atoms with Gasteiger partial charge in [0.25, 0.3) is 0 Å². The highest BCUT2D eigenvalue weighted by Gasteiger charge is 2.25.